The van der Waals surface area contributed by atoms with E-state index in [0.29, 0.717) is 10.3 Å². The summed E-state index contributed by atoms with van der Waals surface area (Å²) in [6, 6.07) is 9.04. The molecule has 0 radical (unpaired) electrons. The van der Waals surface area contributed by atoms with Gasteiger partial charge in [-0.1, -0.05) is 12.1 Å². The van der Waals surface area contributed by atoms with Gasteiger partial charge in [0.15, 0.2) is 0 Å². The molecule has 1 unspecified atom stereocenters. The first kappa shape index (κ1) is 10.3. The SMILES string of the molecule is OC(c1ccccn1)c1cccnc1Br. The molecule has 0 amide bonds. The second-order valence-corrected chi connectivity index (χ2v) is 3.79. The number of nitrogens with zero attached hydrogens (tertiary/aromatic N) is 2. The van der Waals surface area contributed by atoms with Crippen molar-refractivity contribution in [3.63, 3.8) is 0 Å². The average Bonchev–Trinajstić information content (AvgIpc) is 2.30. The fourth-order valence-corrected chi connectivity index (χ4v) is 1.77. The van der Waals surface area contributed by atoms with Crippen molar-refractivity contribution in [1.82, 2.24) is 9.97 Å². The van der Waals surface area contributed by atoms with E-state index in [4.69, 9.17) is 0 Å². The number of pyridine rings is 2. The van der Waals surface area contributed by atoms with Crippen molar-refractivity contribution < 1.29 is 5.11 Å². The van der Waals surface area contributed by atoms with Crippen molar-refractivity contribution in [3.05, 3.63) is 58.6 Å². The zero-order valence-electron chi connectivity index (χ0n) is 7.84. The Morgan fingerprint density at radius 1 is 1.07 bits per heavy atom. The molecule has 4 heteroatoms. The summed E-state index contributed by atoms with van der Waals surface area (Å²) in [6.07, 6.45) is 2.58. The van der Waals surface area contributed by atoms with Crippen molar-refractivity contribution in [3.8, 4) is 0 Å². The monoisotopic (exact) mass is 264 g/mol. The van der Waals surface area contributed by atoms with Gasteiger partial charge in [0.1, 0.15) is 10.7 Å². The van der Waals surface area contributed by atoms with Gasteiger partial charge in [-0.3, -0.25) is 4.98 Å². The van der Waals surface area contributed by atoms with Crippen LogP contribution in [0.4, 0.5) is 0 Å². The van der Waals surface area contributed by atoms with E-state index in [1.54, 1.807) is 24.5 Å². The van der Waals surface area contributed by atoms with Crippen molar-refractivity contribution in [2.45, 2.75) is 6.10 Å². The lowest BCUT2D eigenvalue weighted by Crippen LogP contribution is -2.03. The van der Waals surface area contributed by atoms with Gasteiger partial charge in [0, 0.05) is 18.0 Å². The molecule has 0 saturated carbocycles. The maximum absolute atomic E-state index is 10.0. The molecule has 0 fully saturated rings. The molecule has 1 N–H and O–H groups in total. The Hall–Kier alpha value is -1.26. The van der Waals surface area contributed by atoms with Crippen LogP contribution in [0.3, 0.4) is 0 Å². The highest BCUT2D eigenvalue weighted by Crippen LogP contribution is 2.25. The number of aliphatic hydroxyl groups excluding tert-OH is 1. The predicted octanol–water partition coefficient (Wildman–Crippen LogP) is 2.32. The minimum absolute atomic E-state index is 0.617. The van der Waals surface area contributed by atoms with Gasteiger partial charge in [-0.25, -0.2) is 4.98 Å². The maximum Gasteiger partial charge on any atom is 0.124 e. The molecule has 76 valence electrons. The van der Waals surface area contributed by atoms with Gasteiger partial charge in [-0.2, -0.15) is 0 Å². The van der Waals surface area contributed by atoms with Gasteiger partial charge in [0.05, 0.1) is 5.69 Å². The molecule has 0 aliphatic carbocycles. The van der Waals surface area contributed by atoms with Gasteiger partial charge < -0.3 is 5.11 Å². The Bertz CT molecular complexity index is 447. The molecule has 0 aliphatic rings. The van der Waals surface area contributed by atoms with Gasteiger partial charge >= 0.3 is 0 Å². The van der Waals surface area contributed by atoms with Crippen LogP contribution in [0, 0.1) is 0 Å². The second kappa shape index (κ2) is 4.51. The lowest BCUT2D eigenvalue weighted by molar-refractivity contribution is 0.214. The van der Waals surface area contributed by atoms with E-state index in [9.17, 15) is 5.11 Å². The molecule has 2 aromatic rings. The van der Waals surface area contributed by atoms with Crippen LogP contribution in [0.15, 0.2) is 47.3 Å². The smallest absolute Gasteiger partial charge is 0.124 e. The highest BCUT2D eigenvalue weighted by Gasteiger charge is 2.14. The number of halogens is 1. The Balaban J connectivity index is 2.37. The molecule has 2 aromatic heterocycles. The summed E-state index contributed by atoms with van der Waals surface area (Å²) in [5.74, 6) is 0. The van der Waals surface area contributed by atoms with E-state index in [1.165, 1.54) is 0 Å². The summed E-state index contributed by atoms with van der Waals surface area (Å²) in [5.41, 5.74) is 1.34. The Labute approximate surface area is 96.0 Å². The molecule has 0 saturated heterocycles. The number of rotatable bonds is 2. The molecule has 2 rings (SSSR count). The summed E-state index contributed by atoms with van der Waals surface area (Å²) in [5, 5.41) is 10.0. The normalized spacial score (nSPS) is 12.4. The van der Waals surface area contributed by atoms with E-state index in [1.807, 2.05) is 18.2 Å². The van der Waals surface area contributed by atoms with Crippen LogP contribution < -0.4 is 0 Å². The third-order valence-electron chi connectivity index (χ3n) is 2.05. The molecular weight excluding hydrogens is 256 g/mol. The largest absolute Gasteiger partial charge is 0.382 e. The van der Waals surface area contributed by atoms with Crippen LogP contribution >= 0.6 is 15.9 Å². The lowest BCUT2D eigenvalue weighted by atomic mass is 10.1. The molecular formula is C11H9BrN2O. The van der Waals surface area contributed by atoms with E-state index in [2.05, 4.69) is 25.9 Å². The van der Waals surface area contributed by atoms with Crippen molar-refractivity contribution in [1.29, 1.82) is 0 Å². The lowest BCUT2D eigenvalue weighted by Gasteiger charge is -2.10. The van der Waals surface area contributed by atoms with Gasteiger partial charge in [0.2, 0.25) is 0 Å². The molecule has 3 nitrogen and oxygen atoms in total. The second-order valence-electron chi connectivity index (χ2n) is 3.04. The fraction of sp³-hybridized carbons (Fsp3) is 0.0909. The Kier molecular flexibility index (Phi) is 3.08. The number of aromatic nitrogens is 2. The first-order chi connectivity index (χ1) is 7.29. The first-order valence-electron chi connectivity index (χ1n) is 4.48. The first-order valence-corrected chi connectivity index (χ1v) is 5.28. The molecule has 0 bridgehead atoms. The summed E-state index contributed by atoms with van der Waals surface area (Å²) >= 11 is 3.30. The average molecular weight is 265 g/mol. The number of aliphatic hydroxyl groups is 1. The molecule has 0 aromatic carbocycles. The maximum atomic E-state index is 10.0. The molecule has 15 heavy (non-hydrogen) atoms. The van der Waals surface area contributed by atoms with Crippen molar-refractivity contribution in [2.24, 2.45) is 0 Å². The van der Waals surface area contributed by atoms with Gasteiger partial charge in [-0.15, -0.1) is 0 Å². The summed E-state index contributed by atoms with van der Waals surface area (Å²) in [7, 11) is 0. The van der Waals surface area contributed by atoms with Crippen LogP contribution in [-0.2, 0) is 0 Å². The molecule has 0 spiro atoms. The van der Waals surface area contributed by atoms with Gasteiger partial charge in [-0.05, 0) is 34.1 Å². The van der Waals surface area contributed by atoms with Gasteiger partial charge in [0.25, 0.3) is 0 Å². The summed E-state index contributed by atoms with van der Waals surface area (Å²) in [6.45, 7) is 0. The van der Waals surface area contributed by atoms with E-state index in [-0.39, 0.29) is 0 Å². The zero-order chi connectivity index (χ0) is 10.7. The van der Waals surface area contributed by atoms with Crippen molar-refractivity contribution in [2.75, 3.05) is 0 Å². The van der Waals surface area contributed by atoms with Crippen LogP contribution in [-0.4, -0.2) is 15.1 Å². The summed E-state index contributed by atoms with van der Waals surface area (Å²) in [4.78, 5) is 8.15. The third kappa shape index (κ3) is 2.22. The standard InChI is InChI=1S/C11H9BrN2O/c12-11-8(4-3-7-14-11)10(15)9-5-1-2-6-13-9/h1-7,10,15H. The minimum Gasteiger partial charge on any atom is -0.382 e. The molecule has 1 atom stereocenters. The quantitative estimate of drug-likeness (QED) is 0.847. The minimum atomic E-state index is -0.741. The Morgan fingerprint density at radius 3 is 2.53 bits per heavy atom. The van der Waals surface area contributed by atoms with E-state index < -0.39 is 6.10 Å². The number of hydrogen-bond acceptors (Lipinski definition) is 3. The van der Waals surface area contributed by atoms with Crippen LogP contribution in [0.1, 0.15) is 17.4 Å². The topological polar surface area (TPSA) is 46.0 Å². The Morgan fingerprint density at radius 2 is 1.87 bits per heavy atom. The van der Waals surface area contributed by atoms with E-state index in [0.717, 1.165) is 5.56 Å². The summed E-state index contributed by atoms with van der Waals surface area (Å²) < 4.78 is 0.642. The van der Waals surface area contributed by atoms with Crippen LogP contribution in [0.2, 0.25) is 0 Å². The highest BCUT2D eigenvalue weighted by atomic mass is 79.9. The molecule has 2 heterocycles. The zero-order valence-corrected chi connectivity index (χ0v) is 9.42. The van der Waals surface area contributed by atoms with Crippen LogP contribution in [0.25, 0.3) is 0 Å². The highest BCUT2D eigenvalue weighted by molar-refractivity contribution is 9.10. The van der Waals surface area contributed by atoms with Crippen LogP contribution in [0.5, 0.6) is 0 Å². The van der Waals surface area contributed by atoms with Crippen molar-refractivity contribution >= 4 is 15.9 Å². The predicted molar refractivity (Wildman–Crippen MR) is 60.2 cm³/mol. The van der Waals surface area contributed by atoms with E-state index >= 15 is 0 Å². The fourth-order valence-electron chi connectivity index (χ4n) is 1.30. The molecule has 0 aliphatic heterocycles. The number of hydrogen-bond donors (Lipinski definition) is 1. The third-order valence-corrected chi connectivity index (χ3v) is 2.71.